The second-order valence-corrected chi connectivity index (χ2v) is 5.78. The molecule has 6 nitrogen and oxygen atoms in total. The SMILES string of the molecule is O=C[C@@H]1CCC[C@H](n2c(=O)[nH]c3cnc4[nH]ccc4c32)C1. The Hall–Kier alpha value is -2.37. The van der Waals surface area contributed by atoms with Gasteiger partial charge in [0.05, 0.1) is 17.2 Å². The maximum absolute atomic E-state index is 12.4. The number of imidazole rings is 1. The van der Waals surface area contributed by atoms with Crippen LogP contribution in [0.15, 0.2) is 23.3 Å². The van der Waals surface area contributed by atoms with Crippen molar-refractivity contribution in [2.45, 2.75) is 31.7 Å². The van der Waals surface area contributed by atoms with Gasteiger partial charge >= 0.3 is 5.69 Å². The van der Waals surface area contributed by atoms with E-state index in [2.05, 4.69) is 15.0 Å². The molecule has 108 valence electrons. The lowest BCUT2D eigenvalue weighted by Crippen LogP contribution is -2.27. The molecule has 0 radical (unpaired) electrons. The molecule has 6 heteroatoms. The number of rotatable bonds is 2. The van der Waals surface area contributed by atoms with E-state index in [1.54, 1.807) is 6.20 Å². The lowest BCUT2D eigenvalue weighted by molar-refractivity contribution is -0.112. The molecular weight excluding hydrogens is 268 g/mol. The smallest absolute Gasteiger partial charge is 0.326 e. The first-order chi connectivity index (χ1) is 10.3. The molecular formula is C15H16N4O2. The third kappa shape index (κ3) is 1.82. The Kier molecular flexibility index (Phi) is 2.70. The Morgan fingerprint density at radius 1 is 1.38 bits per heavy atom. The van der Waals surface area contributed by atoms with Gasteiger partial charge < -0.3 is 14.8 Å². The number of nitrogens with zero attached hydrogens (tertiary/aromatic N) is 2. The van der Waals surface area contributed by atoms with Crippen molar-refractivity contribution in [1.82, 2.24) is 19.5 Å². The fourth-order valence-corrected chi connectivity index (χ4v) is 3.53. The van der Waals surface area contributed by atoms with Crippen molar-refractivity contribution in [2.24, 2.45) is 5.92 Å². The van der Waals surface area contributed by atoms with Crippen LogP contribution in [0, 0.1) is 5.92 Å². The van der Waals surface area contributed by atoms with Crippen LogP contribution in [0.25, 0.3) is 22.1 Å². The summed E-state index contributed by atoms with van der Waals surface area (Å²) >= 11 is 0. The summed E-state index contributed by atoms with van der Waals surface area (Å²) in [6.45, 7) is 0. The van der Waals surface area contributed by atoms with Gasteiger partial charge in [0.15, 0.2) is 0 Å². The van der Waals surface area contributed by atoms with Gasteiger partial charge in [-0.1, -0.05) is 6.42 Å². The average molecular weight is 284 g/mol. The molecule has 3 heterocycles. The molecule has 3 aromatic heterocycles. The predicted molar refractivity (Wildman–Crippen MR) is 79.3 cm³/mol. The number of aldehydes is 1. The summed E-state index contributed by atoms with van der Waals surface area (Å²) in [7, 11) is 0. The van der Waals surface area contributed by atoms with E-state index < -0.39 is 0 Å². The van der Waals surface area contributed by atoms with E-state index in [1.165, 1.54) is 0 Å². The summed E-state index contributed by atoms with van der Waals surface area (Å²) in [5.74, 6) is 0.0594. The Morgan fingerprint density at radius 3 is 3.14 bits per heavy atom. The van der Waals surface area contributed by atoms with Crippen molar-refractivity contribution in [3.63, 3.8) is 0 Å². The standard InChI is InChI=1S/C15H16N4O2/c20-8-9-2-1-3-10(6-9)19-13-11-4-5-16-14(11)17-7-12(13)18-15(19)21/h4-5,7-10H,1-3,6H2,(H,16,17)(H,18,21)/t9-,10+/m1/s1. The van der Waals surface area contributed by atoms with E-state index in [1.807, 2.05) is 16.8 Å². The summed E-state index contributed by atoms with van der Waals surface area (Å²) in [5.41, 5.74) is 2.30. The van der Waals surface area contributed by atoms with Crippen LogP contribution in [0.1, 0.15) is 31.7 Å². The molecule has 1 fully saturated rings. The van der Waals surface area contributed by atoms with Gasteiger partial charge in [-0.05, 0) is 25.3 Å². The minimum Gasteiger partial charge on any atom is -0.346 e. The fraction of sp³-hybridized carbons (Fsp3) is 0.400. The van der Waals surface area contributed by atoms with Crippen LogP contribution in [0.5, 0.6) is 0 Å². The van der Waals surface area contributed by atoms with E-state index in [9.17, 15) is 9.59 Å². The molecule has 1 aliphatic rings. The van der Waals surface area contributed by atoms with Crippen LogP contribution in [0.2, 0.25) is 0 Å². The summed E-state index contributed by atoms with van der Waals surface area (Å²) in [6.07, 6.45) is 8.13. The highest BCUT2D eigenvalue weighted by Gasteiger charge is 2.26. The molecule has 0 aromatic carbocycles. The molecule has 0 unspecified atom stereocenters. The molecule has 4 rings (SSSR count). The first-order valence-electron chi connectivity index (χ1n) is 7.29. The van der Waals surface area contributed by atoms with Crippen LogP contribution in [-0.4, -0.2) is 25.8 Å². The lowest BCUT2D eigenvalue weighted by atomic mass is 9.86. The molecule has 2 atom stereocenters. The zero-order valence-corrected chi connectivity index (χ0v) is 11.5. The zero-order chi connectivity index (χ0) is 14.4. The highest BCUT2D eigenvalue weighted by atomic mass is 16.1. The Balaban J connectivity index is 1.94. The predicted octanol–water partition coefficient (Wildman–Crippen LogP) is 2.14. The van der Waals surface area contributed by atoms with Crippen LogP contribution in [-0.2, 0) is 4.79 Å². The number of pyridine rings is 1. The van der Waals surface area contributed by atoms with Crippen LogP contribution >= 0.6 is 0 Å². The van der Waals surface area contributed by atoms with Gasteiger partial charge in [0.1, 0.15) is 11.9 Å². The first kappa shape index (κ1) is 12.4. The second-order valence-electron chi connectivity index (χ2n) is 5.78. The van der Waals surface area contributed by atoms with Gasteiger partial charge in [0.25, 0.3) is 0 Å². The second kappa shape index (κ2) is 4.58. The highest BCUT2D eigenvalue weighted by Crippen LogP contribution is 2.33. The van der Waals surface area contributed by atoms with Crippen LogP contribution in [0.4, 0.5) is 0 Å². The summed E-state index contributed by atoms with van der Waals surface area (Å²) in [4.78, 5) is 33.7. The third-order valence-electron chi connectivity index (χ3n) is 4.50. The lowest BCUT2D eigenvalue weighted by Gasteiger charge is -2.27. The molecule has 0 aliphatic heterocycles. The molecule has 0 spiro atoms. The average Bonchev–Trinajstić information content (AvgIpc) is 3.09. The largest absolute Gasteiger partial charge is 0.346 e. The van der Waals surface area contributed by atoms with Crippen molar-refractivity contribution in [3.05, 3.63) is 28.9 Å². The van der Waals surface area contributed by atoms with Crippen molar-refractivity contribution in [3.8, 4) is 0 Å². The molecule has 1 aliphatic carbocycles. The molecule has 1 saturated carbocycles. The topological polar surface area (TPSA) is 83.5 Å². The number of carbonyl (C=O) groups is 1. The number of fused-ring (bicyclic) bond motifs is 3. The Labute approximate surface area is 120 Å². The number of H-pyrrole nitrogens is 2. The molecule has 0 saturated heterocycles. The zero-order valence-electron chi connectivity index (χ0n) is 11.5. The number of aromatic amines is 2. The minimum absolute atomic E-state index is 0.0594. The van der Waals surface area contributed by atoms with Gasteiger partial charge in [-0.3, -0.25) is 4.57 Å². The van der Waals surface area contributed by atoms with Crippen LogP contribution in [0.3, 0.4) is 0 Å². The Morgan fingerprint density at radius 2 is 2.29 bits per heavy atom. The van der Waals surface area contributed by atoms with Gasteiger partial charge in [-0.2, -0.15) is 0 Å². The van der Waals surface area contributed by atoms with Crippen LogP contribution < -0.4 is 5.69 Å². The third-order valence-corrected chi connectivity index (χ3v) is 4.50. The minimum atomic E-state index is -0.114. The van der Waals surface area contributed by atoms with E-state index >= 15 is 0 Å². The van der Waals surface area contributed by atoms with Crippen molar-refractivity contribution in [1.29, 1.82) is 0 Å². The van der Waals surface area contributed by atoms with Gasteiger partial charge in [-0.25, -0.2) is 9.78 Å². The monoisotopic (exact) mass is 284 g/mol. The summed E-state index contributed by atoms with van der Waals surface area (Å²) < 4.78 is 1.82. The summed E-state index contributed by atoms with van der Waals surface area (Å²) in [5, 5.41) is 0.944. The summed E-state index contributed by atoms with van der Waals surface area (Å²) in [6, 6.07) is 2.02. The van der Waals surface area contributed by atoms with Gasteiger partial charge in [0.2, 0.25) is 0 Å². The van der Waals surface area contributed by atoms with Crippen molar-refractivity contribution in [2.75, 3.05) is 0 Å². The number of hydrogen-bond donors (Lipinski definition) is 2. The van der Waals surface area contributed by atoms with E-state index in [0.717, 1.165) is 54.0 Å². The van der Waals surface area contributed by atoms with E-state index in [4.69, 9.17) is 0 Å². The number of nitrogens with one attached hydrogen (secondary N) is 2. The first-order valence-corrected chi connectivity index (χ1v) is 7.29. The molecule has 0 bridgehead atoms. The number of hydrogen-bond acceptors (Lipinski definition) is 3. The van der Waals surface area contributed by atoms with Gasteiger partial charge in [-0.15, -0.1) is 0 Å². The molecule has 21 heavy (non-hydrogen) atoms. The maximum Gasteiger partial charge on any atom is 0.326 e. The normalized spacial score (nSPS) is 22.9. The quantitative estimate of drug-likeness (QED) is 0.707. The Bertz CT molecular complexity index is 873. The van der Waals surface area contributed by atoms with E-state index in [-0.39, 0.29) is 17.6 Å². The molecule has 0 amide bonds. The number of carbonyl (C=O) groups excluding carboxylic acids is 1. The molecule has 2 N–H and O–H groups in total. The number of aromatic nitrogens is 4. The molecule has 3 aromatic rings. The fourth-order valence-electron chi connectivity index (χ4n) is 3.53. The van der Waals surface area contributed by atoms with E-state index in [0.29, 0.717) is 0 Å². The van der Waals surface area contributed by atoms with Crippen molar-refractivity contribution < 1.29 is 4.79 Å². The maximum atomic E-state index is 12.4. The highest BCUT2D eigenvalue weighted by molar-refractivity contribution is 6.00. The van der Waals surface area contributed by atoms with Gasteiger partial charge in [0, 0.05) is 23.5 Å². The van der Waals surface area contributed by atoms with Crippen molar-refractivity contribution >= 4 is 28.4 Å².